The van der Waals surface area contributed by atoms with E-state index in [0.29, 0.717) is 0 Å². The lowest BCUT2D eigenvalue weighted by molar-refractivity contribution is 0.172. The Labute approximate surface area is 171 Å². The van der Waals surface area contributed by atoms with E-state index >= 15 is 0 Å². The van der Waals surface area contributed by atoms with Crippen LogP contribution >= 0.6 is 35.3 Å². The molecule has 1 fully saturated rings. The van der Waals surface area contributed by atoms with Crippen LogP contribution in [0.3, 0.4) is 0 Å². The summed E-state index contributed by atoms with van der Waals surface area (Å²) in [5.41, 5.74) is 1.38. The fourth-order valence-electron chi connectivity index (χ4n) is 2.94. The van der Waals surface area contributed by atoms with Gasteiger partial charge in [-0.25, -0.2) is 4.98 Å². The molecule has 2 aromatic rings. The lowest BCUT2D eigenvalue weighted by Crippen LogP contribution is -2.52. The molecule has 0 atom stereocenters. The Morgan fingerprint density at radius 1 is 1.20 bits per heavy atom. The Morgan fingerprint density at radius 3 is 2.52 bits per heavy atom. The van der Waals surface area contributed by atoms with E-state index in [0.717, 1.165) is 50.2 Å². The van der Waals surface area contributed by atoms with Crippen LogP contribution in [0.4, 0.5) is 0 Å². The minimum atomic E-state index is 0. The monoisotopic (exact) mass is 471 g/mol. The number of halogens is 1. The normalized spacial score (nSPS) is 15.8. The van der Waals surface area contributed by atoms with Crippen molar-refractivity contribution in [1.82, 2.24) is 20.1 Å². The Kier molecular flexibility index (Phi) is 8.11. The SMILES string of the molecule is CN=C(NCc1cnc(C)s1)N1CCN(Cc2ccccc2)CC1.I. The molecule has 0 saturated carbocycles. The predicted molar refractivity (Wildman–Crippen MR) is 116 cm³/mol. The van der Waals surface area contributed by atoms with Crippen LogP contribution in [0, 0.1) is 6.92 Å². The van der Waals surface area contributed by atoms with Crippen molar-refractivity contribution in [2.45, 2.75) is 20.0 Å². The van der Waals surface area contributed by atoms with E-state index in [1.807, 2.05) is 20.2 Å². The van der Waals surface area contributed by atoms with E-state index in [2.05, 4.69) is 55.4 Å². The quantitative estimate of drug-likeness (QED) is 0.423. The molecule has 2 heterocycles. The fraction of sp³-hybridized carbons (Fsp3) is 0.444. The van der Waals surface area contributed by atoms with Crippen molar-refractivity contribution in [1.29, 1.82) is 0 Å². The zero-order valence-electron chi connectivity index (χ0n) is 14.8. The van der Waals surface area contributed by atoms with Gasteiger partial charge in [-0.05, 0) is 12.5 Å². The van der Waals surface area contributed by atoms with Crippen LogP contribution in [0.15, 0.2) is 41.5 Å². The van der Waals surface area contributed by atoms with Gasteiger partial charge in [-0.3, -0.25) is 9.89 Å². The Morgan fingerprint density at radius 2 is 1.92 bits per heavy atom. The summed E-state index contributed by atoms with van der Waals surface area (Å²) in [6, 6.07) is 10.7. The molecule has 1 saturated heterocycles. The number of hydrogen-bond donors (Lipinski definition) is 1. The minimum Gasteiger partial charge on any atom is -0.351 e. The number of nitrogens with one attached hydrogen (secondary N) is 1. The van der Waals surface area contributed by atoms with Crippen LogP contribution in [0.1, 0.15) is 15.4 Å². The van der Waals surface area contributed by atoms with Gasteiger partial charge in [-0.15, -0.1) is 35.3 Å². The lowest BCUT2D eigenvalue weighted by Gasteiger charge is -2.36. The van der Waals surface area contributed by atoms with Gasteiger partial charge in [-0.1, -0.05) is 30.3 Å². The first-order valence-electron chi connectivity index (χ1n) is 8.38. The molecule has 1 aromatic carbocycles. The minimum absolute atomic E-state index is 0. The van der Waals surface area contributed by atoms with Gasteiger partial charge in [0.2, 0.25) is 0 Å². The van der Waals surface area contributed by atoms with Crippen molar-refractivity contribution in [3.8, 4) is 0 Å². The van der Waals surface area contributed by atoms with Crippen molar-refractivity contribution >= 4 is 41.3 Å². The number of thiazole rings is 1. The zero-order chi connectivity index (χ0) is 16.8. The first kappa shape index (κ1) is 20.1. The van der Waals surface area contributed by atoms with Gasteiger partial charge in [0.05, 0.1) is 11.6 Å². The van der Waals surface area contributed by atoms with Gasteiger partial charge >= 0.3 is 0 Å². The summed E-state index contributed by atoms with van der Waals surface area (Å²) in [7, 11) is 1.86. The summed E-state index contributed by atoms with van der Waals surface area (Å²) < 4.78 is 0. The van der Waals surface area contributed by atoms with E-state index in [1.165, 1.54) is 10.4 Å². The molecule has 0 amide bonds. The van der Waals surface area contributed by atoms with Crippen LogP contribution in [0.5, 0.6) is 0 Å². The average molecular weight is 471 g/mol. The molecule has 0 spiro atoms. The maximum Gasteiger partial charge on any atom is 0.194 e. The number of aliphatic imine (C=N–C) groups is 1. The summed E-state index contributed by atoms with van der Waals surface area (Å²) in [6.07, 6.45) is 1.94. The number of nitrogens with zero attached hydrogens (tertiary/aromatic N) is 4. The predicted octanol–water partition coefficient (Wildman–Crippen LogP) is 2.96. The van der Waals surface area contributed by atoms with Crippen LogP contribution in [-0.2, 0) is 13.1 Å². The molecule has 0 unspecified atom stereocenters. The lowest BCUT2D eigenvalue weighted by atomic mass is 10.2. The molecular weight excluding hydrogens is 445 g/mol. The van der Waals surface area contributed by atoms with Gasteiger partial charge in [-0.2, -0.15) is 0 Å². The number of aromatic nitrogens is 1. The molecule has 1 aliphatic rings. The average Bonchev–Trinajstić information content (AvgIpc) is 3.03. The summed E-state index contributed by atoms with van der Waals surface area (Å²) in [5.74, 6) is 0.986. The highest BCUT2D eigenvalue weighted by atomic mass is 127. The Balaban J connectivity index is 0.00000225. The maximum atomic E-state index is 4.44. The molecule has 1 aromatic heterocycles. The highest BCUT2D eigenvalue weighted by Gasteiger charge is 2.19. The van der Waals surface area contributed by atoms with E-state index in [9.17, 15) is 0 Å². The van der Waals surface area contributed by atoms with Crippen molar-refractivity contribution in [3.05, 3.63) is 52.0 Å². The first-order valence-corrected chi connectivity index (χ1v) is 9.19. The summed E-state index contributed by atoms with van der Waals surface area (Å²) in [4.78, 5) is 14.8. The number of rotatable bonds is 4. The summed E-state index contributed by atoms with van der Waals surface area (Å²) in [6.45, 7) is 8.01. The second kappa shape index (κ2) is 10.1. The van der Waals surface area contributed by atoms with E-state index in [1.54, 1.807) is 11.3 Å². The molecular formula is C18H26IN5S. The van der Waals surface area contributed by atoms with E-state index in [-0.39, 0.29) is 24.0 Å². The summed E-state index contributed by atoms with van der Waals surface area (Å²) >= 11 is 1.73. The van der Waals surface area contributed by atoms with Crippen molar-refractivity contribution in [2.75, 3.05) is 33.2 Å². The first-order chi connectivity index (χ1) is 11.7. The molecule has 7 heteroatoms. The molecule has 0 bridgehead atoms. The van der Waals surface area contributed by atoms with Crippen molar-refractivity contribution < 1.29 is 0 Å². The van der Waals surface area contributed by atoms with Gasteiger partial charge in [0.25, 0.3) is 0 Å². The molecule has 3 rings (SSSR count). The van der Waals surface area contributed by atoms with Crippen molar-refractivity contribution in [2.24, 2.45) is 4.99 Å². The van der Waals surface area contributed by atoms with Crippen LogP contribution < -0.4 is 5.32 Å². The Bertz CT molecular complexity index is 665. The fourth-order valence-corrected chi connectivity index (χ4v) is 3.68. The third-order valence-corrected chi connectivity index (χ3v) is 5.14. The zero-order valence-corrected chi connectivity index (χ0v) is 18.0. The van der Waals surface area contributed by atoms with Gasteiger partial charge in [0.1, 0.15) is 0 Å². The summed E-state index contributed by atoms with van der Waals surface area (Å²) in [5, 5.41) is 4.57. The van der Waals surface area contributed by atoms with Crippen molar-refractivity contribution in [3.63, 3.8) is 0 Å². The molecule has 136 valence electrons. The standard InChI is InChI=1S/C18H25N5S.HI/c1-15-20-12-17(24-15)13-21-18(19-2)23-10-8-22(9-11-23)14-16-6-4-3-5-7-16;/h3-7,12H,8-11,13-14H2,1-2H3,(H,19,21);1H. The van der Waals surface area contributed by atoms with E-state index in [4.69, 9.17) is 0 Å². The molecule has 1 N–H and O–H groups in total. The van der Waals surface area contributed by atoms with Gasteiger partial charge in [0, 0.05) is 50.8 Å². The molecule has 0 aliphatic carbocycles. The number of aryl methyl sites for hydroxylation is 1. The molecule has 1 aliphatic heterocycles. The highest BCUT2D eigenvalue weighted by Crippen LogP contribution is 2.12. The number of benzene rings is 1. The van der Waals surface area contributed by atoms with E-state index < -0.39 is 0 Å². The largest absolute Gasteiger partial charge is 0.351 e. The maximum absolute atomic E-state index is 4.44. The smallest absolute Gasteiger partial charge is 0.194 e. The third kappa shape index (κ3) is 5.93. The van der Waals surface area contributed by atoms with Gasteiger partial charge in [0.15, 0.2) is 5.96 Å². The second-order valence-corrected chi connectivity index (χ2v) is 7.31. The number of hydrogen-bond acceptors (Lipinski definition) is 4. The number of guanidine groups is 1. The van der Waals surface area contributed by atoms with Crippen LogP contribution in [-0.4, -0.2) is 54.0 Å². The van der Waals surface area contributed by atoms with Crippen LogP contribution in [0.25, 0.3) is 0 Å². The molecule has 0 radical (unpaired) electrons. The topological polar surface area (TPSA) is 43.8 Å². The Hall–Kier alpha value is -1.19. The molecule has 25 heavy (non-hydrogen) atoms. The highest BCUT2D eigenvalue weighted by molar-refractivity contribution is 14.0. The number of piperazine rings is 1. The second-order valence-electron chi connectivity index (χ2n) is 6.00. The van der Waals surface area contributed by atoms with Gasteiger partial charge < -0.3 is 10.2 Å². The van der Waals surface area contributed by atoms with Crippen LogP contribution in [0.2, 0.25) is 0 Å². The molecule has 5 nitrogen and oxygen atoms in total. The third-order valence-electron chi connectivity index (χ3n) is 4.22.